The molecule has 0 N–H and O–H groups in total. The van der Waals surface area contributed by atoms with Gasteiger partial charge in [0.1, 0.15) is 0 Å². The van der Waals surface area contributed by atoms with E-state index in [-0.39, 0.29) is 5.15 Å². The second-order valence-corrected chi connectivity index (χ2v) is 3.51. The van der Waals surface area contributed by atoms with E-state index in [1.807, 2.05) is 30.3 Å². The van der Waals surface area contributed by atoms with Gasteiger partial charge in [0, 0.05) is 0 Å². The Hall–Kier alpha value is -1.61. The van der Waals surface area contributed by atoms with Gasteiger partial charge in [0.2, 0.25) is 5.69 Å². The first-order valence-corrected chi connectivity index (χ1v) is 4.91. The summed E-state index contributed by atoms with van der Waals surface area (Å²) in [6.07, 6.45) is 3.24. The summed E-state index contributed by atoms with van der Waals surface area (Å²) in [4.78, 5) is 3.88. The topological polar surface area (TPSA) is 39.8 Å². The van der Waals surface area contributed by atoms with Gasteiger partial charge in [0.25, 0.3) is 0 Å². The molecule has 15 heavy (non-hydrogen) atoms. The Morgan fingerprint density at radius 2 is 2.00 bits per heavy atom. The highest BCUT2D eigenvalue weighted by molar-refractivity contribution is 6.29. The van der Waals surface area contributed by atoms with Gasteiger partial charge in [0.15, 0.2) is 11.3 Å². The molecule has 3 nitrogen and oxygen atoms in total. The van der Waals surface area contributed by atoms with Gasteiger partial charge in [-0.1, -0.05) is 41.9 Å². The quantitative estimate of drug-likeness (QED) is 0.573. The number of rotatable bonds is 2. The summed E-state index contributed by atoms with van der Waals surface area (Å²) in [5.74, 6) is 0. The summed E-state index contributed by atoms with van der Waals surface area (Å²) in [5.41, 5.74) is 1.52. The first-order valence-electron chi connectivity index (χ1n) is 4.54. The van der Waals surface area contributed by atoms with E-state index in [2.05, 4.69) is 4.98 Å². The molecule has 0 spiro atoms. The lowest BCUT2D eigenvalue weighted by atomic mass is 10.1. The summed E-state index contributed by atoms with van der Waals surface area (Å²) in [6.45, 7) is 0. The van der Waals surface area contributed by atoms with Gasteiger partial charge in [-0.2, -0.15) is 4.73 Å². The molecule has 2 rings (SSSR count). The Morgan fingerprint density at radius 3 is 2.67 bits per heavy atom. The number of aromatic nitrogens is 2. The molecule has 0 aliphatic heterocycles. The van der Waals surface area contributed by atoms with Gasteiger partial charge >= 0.3 is 0 Å². The van der Waals surface area contributed by atoms with Gasteiger partial charge in [0.05, 0.1) is 12.6 Å². The van der Waals surface area contributed by atoms with Crippen molar-refractivity contribution in [3.8, 4) is 0 Å². The van der Waals surface area contributed by atoms with Crippen LogP contribution in [0.15, 0.2) is 42.7 Å². The smallest absolute Gasteiger partial charge is 0.234 e. The van der Waals surface area contributed by atoms with Crippen LogP contribution in [0.5, 0.6) is 0 Å². The van der Waals surface area contributed by atoms with Crippen molar-refractivity contribution in [3.63, 3.8) is 0 Å². The van der Waals surface area contributed by atoms with E-state index in [0.29, 0.717) is 12.1 Å². The molecule has 0 aliphatic rings. The average Bonchev–Trinajstić information content (AvgIpc) is 2.25. The first kappa shape index (κ1) is 9.93. The largest absolute Gasteiger partial charge is 0.618 e. The highest BCUT2D eigenvalue weighted by Gasteiger charge is 2.12. The van der Waals surface area contributed by atoms with Crippen LogP contribution < -0.4 is 4.73 Å². The van der Waals surface area contributed by atoms with Gasteiger partial charge < -0.3 is 5.21 Å². The van der Waals surface area contributed by atoms with Crippen molar-refractivity contribution in [2.75, 3.05) is 0 Å². The number of benzene rings is 1. The zero-order chi connectivity index (χ0) is 10.7. The molecule has 0 saturated heterocycles. The van der Waals surface area contributed by atoms with Gasteiger partial charge in [-0.05, 0) is 5.56 Å². The number of halogens is 1. The molecule has 1 aromatic heterocycles. The van der Waals surface area contributed by atoms with Crippen molar-refractivity contribution < 1.29 is 4.73 Å². The average molecular weight is 221 g/mol. The van der Waals surface area contributed by atoms with E-state index >= 15 is 0 Å². The fourth-order valence-electron chi connectivity index (χ4n) is 1.35. The van der Waals surface area contributed by atoms with Crippen molar-refractivity contribution in [2.24, 2.45) is 0 Å². The summed E-state index contributed by atoms with van der Waals surface area (Å²) in [7, 11) is 0. The predicted molar refractivity (Wildman–Crippen MR) is 57.5 cm³/mol. The number of hydrogen-bond donors (Lipinski definition) is 0. The second-order valence-electron chi connectivity index (χ2n) is 3.15. The van der Waals surface area contributed by atoms with Crippen LogP contribution in [0.3, 0.4) is 0 Å². The van der Waals surface area contributed by atoms with Crippen molar-refractivity contribution >= 4 is 11.6 Å². The maximum absolute atomic E-state index is 11.4. The molecule has 0 unspecified atom stereocenters. The Balaban J connectivity index is 2.32. The molecule has 1 heterocycles. The summed E-state index contributed by atoms with van der Waals surface area (Å²) in [6, 6.07) is 9.68. The van der Waals surface area contributed by atoms with E-state index in [4.69, 9.17) is 11.6 Å². The van der Waals surface area contributed by atoms with E-state index < -0.39 is 0 Å². The van der Waals surface area contributed by atoms with E-state index in [1.165, 1.54) is 12.4 Å². The van der Waals surface area contributed by atoms with Crippen LogP contribution in [0.2, 0.25) is 5.15 Å². The molecule has 0 amide bonds. The third-order valence-electron chi connectivity index (χ3n) is 2.11. The predicted octanol–water partition coefficient (Wildman–Crippen LogP) is 1.96. The fraction of sp³-hybridized carbons (Fsp3) is 0.0909. The van der Waals surface area contributed by atoms with Crippen LogP contribution in [0.4, 0.5) is 0 Å². The van der Waals surface area contributed by atoms with Crippen LogP contribution in [0, 0.1) is 5.21 Å². The minimum absolute atomic E-state index is 0.261. The number of hydrogen-bond acceptors (Lipinski definition) is 2. The molecule has 0 fully saturated rings. The first-order chi connectivity index (χ1) is 7.27. The van der Waals surface area contributed by atoms with Crippen LogP contribution >= 0.6 is 11.6 Å². The zero-order valence-electron chi connectivity index (χ0n) is 7.93. The molecular formula is C11H9ClN2O. The van der Waals surface area contributed by atoms with Crippen molar-refractivity contribution in [2.45, 2.75) is 6.42 Å². The van der Waals surface area contributed by atoms with Crippen LogP contribution in [-0.4, -0.2) is 4.98 Å². The van der Waals surface area contributed by atoms with Crippen LogP contribution in [-0.2, 0) is 6.42 Å². The van der Waals surface area contributed by atoms with Crippen molar-refractivity contribution in [1.29, 1.82) is 0 Å². The van der Waals surface area contributed by atoms with E-state index in [0.717, 1.165) is 10.3 Å². The molecule has 0 saturated carbocycles. The molecule has 0 radical (unpaired) electrons. The highest BCUT2D eigenvalue weighted by Crippen LogP contribution is 2.12. The maximum atomic E-state index is 11.4. The minimum Gasteiger partial charge on any atom is -0.618 e. The third-order valence-corrected chi connectivity index (χ3v) is 2.42. The molecular weight excluding hydrogens is 212 g/mol. The second kappa shape index (κ2) is 4.28. The summed E-state index contributed by atoms with van der Waals surface area (Å²) < 4.78 is 0.752. The van der Waals surface area contributed by atoms with Gasteiger partial charge in [-0.15, -0.1) is 0 Å². The highest BCUT2D eigenvalue weighted by atomic mass is 35.5. The standard InChI is InChI=1S/C11H9ClN2O/c12-11-10(14(15)7-6-13-11)8-9-4-2-1-3-5-9/h1-7H,8H2. The lowest BCUT2D eigenvalue weighted by Gasteiger charge is -2.04. The molecule has 76 valence electrons. The molecule has 1 aromatic carbocycles. The molecule has 4 heteroatoms. The summed E-state index contributed by atoms with van der Waals surface area (Å²) >= 11 is 5.85. The lowest BCUT2D eigenvalue weighted by Crippen LogP contribution is -2.32. The Bertz CT molecular complexity index is 439. The van der Waals surface area contributed by atoms with Crippen molar-refractivity contribution in [1.82, 2.24) is 4.98 Å². The Morgan fingerprint density at radius 1 is 1.27 bits per heavy atom. The minimum atomic E-state index is 0.261. The van der Waals surface area contributed by atoms with E-state index in [1.54, 1.807) is 0 Å². The molecule has 0 bridgehead atoms. The SMILES string of the molecule is [O-][n+]1ccnc(Cl)c1Cc1ccccc1. The third kappa shape index (κ3) is 2.25. The van der Waals surface area contributed by atoms with Gasteiger partial charge in [-0.3, -0.25) is 0 Å². The zero-order valence-corrected chi connectivity index (χ0v) is 8.69. The summed E-state index contributed by atoms with van der Waals surface area (Å²) in [5, 5.41) is 11.7. The lowest BCUT2D eigenvalue weighted by molar-refractivity contribution is -0.614. The van der Waals surface area contributed by atoms with E-state index in [9.17, 15) is 5.21 Å². The fourth-order valence-corrected chi connectivity index (χ4v) is 1.56. The molecule has 2 aromatic rings. The Kier molecular flexibility index (Phi) is 2.83. The molecule has 0 atom stereocenters. The molecule has 0 aliphatic carbocycles. The van der Waals surface area contributed by atoms with Crippen molar-refractivity contribution in [3.05, 3.63) is 64.3 Å². The van der Waals surface area contributed by atoms with Crippen LogP contribution in [0.1, 0.15) is 11.3 Å². The Labute approximate surface area is 92.6 Å². The van der Waals surface area contributed by atoms with Gasteiger partial charge in [-0.25, -0.2) is 4.98 Å². The number of nitrogens with zero attached hydrogens (tertiary/aromatic N) is 2. The maximum Gasteiger partial charge on any atom is 0.234 e. The normalized spacial score (nSPS) is 10.2. The van der Waals surface area contributed by atoms with Crippen LogP contribution in [0.25, 0.3) is 0 Å². The monoisotopic (exact) mass is 220 g/mol.